The molecule has 0 N–H and O–H groups in total. The van der Waals surface area contributed by atoms with Crippen molar-refractivity contribution < 1.29 is 26.2 Å². The van der Waals surface area contributed by atoms with Crippen LogP contribution < -0.4 is 0 Å². The number of hydrogen-bond donors (Lipinski definition) is 0. The molecule has 0 spiro atoms. The standard InChI is InChI=1S/2C13H9.C2H6.Zr/c2*1-3-7-12-10(5-1)9-11-6-2-4-8-13(11)12;1-2;/h2*1-9H;1-2H3;/q2*-1;;+2. The fourth-order valence-corrected chi connectivity index (χ4v) is 3.81. The van der Waals surface area contributed by atoms with Crippen molar-refractivity contribution in [1.29, 1.82) is 0 Å². The molecule has 0 bridgehead atoms. The maximum absolute atomic E-state index is 2.24. The van der Waals surface area contributed by atoms with Crippen molar-refractivity contribution in [2.45, 2.75) is 13.8 Å². The SMILES string of the molecule is CC.[Zr+2].c1ccc2c(c1)[cH-]c1ccccc12.c1ccc2c(c1)[cH-]c1ccccc12. The predicted octanol–water partition coefficient (Wildman–Crippen LogP) is 8.45. The molecule has 0 saturated heterocycles. The summed E-state index contributed by atoms with van der Waals surface area (Å²) in [7, 11) is 0. The van der Waals surface area contributed by atoms with Crippen molar-refractivity contribution in [3.05, 3.63) is 109 Å². The summed E-state index contributed by atoms with van der Waals surface area (Å²) in [6.45, 7) is 4.00. The van der Waals surface area contributed by atoms with Gasteiger partial charge in [-0.15, -0.1) is 79.5 Å². The molecular weight excluding hydrogens is 428 g/mol. The van der Waals surface area contributed by atoms with Crippen LogP contribution in [0.3, 0.4) is 0 Å². The normalized spacial score (nSPS) is 10.1. The van der Waals surface area contributed by atoms with Crippen LogP contribution in [0.5, 0.6) is 0 Å². The molecular formula is C28H24Zr. The van der Waals surface area contributed by atoms with Crippen LogP contribution in [0.2, 0.25) is 0 Å². The molecule has 0 radical (unpaired) electrons. The molecule has 0 aliphatic carbocycles. The number of rotatable bonds is 0. The van der Waals surface area contributed by atoms with Gasteiger partial charge in [-0.3, -0.25) is 0 Å². The van der Waals surface area contributed by atoms with Gasteiger partial charge in [-0.25, -0.2) is 0 Å². The van der Waals surface area contributed by atoms with Crippen molar-refractivity contribution in [1.82, 2.24) is 0 Å². The van der Waals surface area contributed by atoms with E-state index in [9.17, 15) is 0 Å². The Kier molecular flexibility index (Phi) is 7.18. The van der Waals surface area contributed by atoms with E-state index in [0.717, 1.165) is 0 Å². The smallest absolute Gasteiger partial charge is 0.126 e. The number of hydrogen-bond acceptors (Lipinski definition) is 0. The molecule has 0 fully saturated rings. The molecule has 0 aromatic heterocycles. The Balaban J connectivity index is 0.000000148. The zero-order valence-corrected chi connectivity index (χ0v) is 19.4. The molecule has 0 unspecified atom stereocenters. The first-order chi connectivity index (χ1) is 13.9. The third-order valence-corrected chi connectivity index (χ3v) is 5.05. The maximum atomic E-state index is 2.24. The zero-order valence-electron chi connectivity index (χ0n) is 16.9. The van der Waals surface area contributed by atoms with Crippen LogP contribution >= 0.6 is 0 Å². The minimum atomic E-state index is 0. The van der Waals surface area contributed by atoms with Crippen molar-refractivity contribution in [2.75, 3.05) is 0 Å². The van der Waals surface area contributed by atoms with E-state index in [0.29, 0.717) is 0 Å². The summed E-state index contributed by atoms with van der Waals surface area (Å²) >= 11 is 0. The van der Waals surface area contributed by atoms with Gasteiger partial charge in [0.05, 0.1) is 0 Å². The summed E-state index contributed by atoms with van der Waals surface area (Å²) in [5, 5.41) is 10.8. The summed E-state index contributed by atoms with van der Waals surface area (Å²) in [6.07, 6.45) is 0. The van der Waals surface area contributed by atoms with Gasteiger partial charge in [0.15, 0.2) is 0 Å². The van der Waals surface area contributed by atoms with E-state index >= 15 is 0 Å². The summed E-state index contributed by atoms with van der Waals surface area (Å²) in [4.78, 5) is 0. The molecule has 6 rings (SSSR count). The van der Waals surface area contributed by atoms with Gasteiger partial charge >= 0.3 is 26.2 Å². The molecule has 29 heavy (non-hydrogen) atoms. The first-order valence-corrected chi connectivity index (χ1v) is 9.96. The predicted molar refractivity (Wildman–Crippen MR) is 125 cm³/mol. The van der Waals surface area contributed by atoms with E-state index in [1.807, 2.05) is 13.8 Å². The summed E-state index contributed by atoms with van der Waals surface area (Å²) in [5.74, 6) is 0. The Hall–Kier alpha value is -2.50. The van der Waals surface area contributed by atoms with Crippen molar-refractivity contribution in [2.24, 2.45) is 0 Å². The van der Waals surface area contributed by atoms with Crippen LogP contribution in [-0.4, -0.2) is 0 Å². The topological polar surface area (TPSA) is 0 Å². The molecule has 140 valence electrons. The van der Waals surface area contributed by atoms with Crippen LogP contribution in [0.4, 0.5) is 0 Å². The monoisotopic (exact) mass is 450 g/mol. The van der Waals surface area contributed by atoms with E-state index in [1.165, 1.54) is 43.1 Å². The molecule has 0 heterocycles. The Labute approximate surface area is 191 Å². The Morgan fingerprint density at radius 3 is 0.828 bits per heavy atom. The van der Waals surface area contributed by atoms with Crippen molar-refractivity contribution in [3.63, 3.8) is 0 Å². The number of benzene rings is 4. The van der Waals surface area contributed by atoms with Gasteiger partial charge in [-0.1, -0.05) is 86.6 Å². The van der Waals surface area contributed by atoms with Crippen molar-refractivity contribution >= 4 is 43.1 Å². The summed E-state index contributed by atoms with van der Waals surface area (Å²) in [6, 6.07) is 38.5. The van der Waals surface area contributed by atoms with Gasteiger partial charge in [-0.05, 0) is 0 Å². The molecule has 0 aliphatic rings. The Morgan fingerprint density at radius 2 is 0.586 bits per heavy atom. The van der Waals surface area contributed by atoms with Gasteiger partial charge in [0.1, 0.15) is 0 Å². The third-order valence-electron chi connectivity index (χ3n) is 5.05. The van der Waals surface area contributed by atoms with Crippen LogP contribution in [0.1, 0.15) is 13.8 Å². The Morgan fingerprint density at radius 1 is 0.379 bits per heavy atom. The molecule has 0 atom stereocenters. The van der Waals surface area contributed by atoms with Crippen molar-refractivity contribution in [3.8, 4) is 0 Å². The molecule has 1 heteroatoms. The average molecular weight is 452 g/mol. The van der Waals surface area contributed by atoms with E-state index < -0.39 is 0 Å². The molecule has 6 aromatic carbocycles. The van der Waals surface area contributed by atoms with Gasteiger partial charge in [-0.2, -0.15) is 0 Å². The minimum absolute atomic E-state index is 0. The van der Waals surface area contributed by atoms with E-state index in [1.54, 1.807) is 0 Å². The second kappa shape index (κ2) is 9.81. The van der Waals surface area contributed by atoms with Crippen LogP contribution in [0, 0.1) is 0 Å². The average Bonchev–Trinajstić information content (AvgIpc) is 3.34. The van der Waals surface area contributed by atoms with Gasteiger partial charge < -0.3 is 0 Å². The quantitative estimate of drug-likeness (QED) is 0.203. The fraction of sp³-hybridized carbons (Fsp3) is 0.0714. The Bertz CT molecular complexity index is 1130. The van der Waals surface area contributed by atoms with E-state index in [4.69, 9.17) is 0 Å². The molecule has 0 aliphatic heterocycles. The first kappa shape index (κ1) is 21.2. The largest absolute Gasteiger partial charge is 2.00 e. The van der Waals surface area contributed by atoms with Crippen LogP contribution in [0.25, 0.3) is 43.1 Å². The molecule has 6 aromatic rings. The van der Waals surface area contributed by atoms with Gasteiger partial charge in [0.2, 0.25) is 0 Å². The number of fused-ring (bicyclic) bond motifs is 6. The molecule has 0 nitrogen and oxygen atoms in total. The van der Waals surface area contributed by atoms with E-state index in [2.05, 4.69) is 109 Å². The van der Waals surface area contributed by atoms with Crippen LogP contribution in [0.15, 0.2) is 109 Å². The fourth-order valence-electron chi connectivity index (χ4n) is 3.81. The second-order valence-corrected chi connectivity index (χ2v) is 6.64. The molecule has 0 saturated carbocycles. The minimum Gasteiger partial charge on any atom is -0.126 e. The van der Waals surface area contributed by atoms with Gasteiger partial charge in [0, 0.05) is 0 Å². The zero-order chi connectivity index (χ0) is 19.3. The van der Waals surface area contributed by atoms with E-state index in [-0.39, 0.29) is 26.2 Å². The summed E-state index contributed by atoms with van der Waals surface area (Å²) in [5.41, 5.74) is 0. The third kappa shape index (κ3) is 4.26. The van der Waals surface area contributed by atoms with Crippen LogP contribution in [-0.2, 0) is 26.2 Å². The summed E-state index contributed by atoms with van der Waals surface area (Å²) < 4.78 is 0. The first-order valence-electron chi connectivity index (χ1n) is 9.96. The second-order valence-electron chi connectivity index (χ2n) is 6.64. The molecule has 0 amide bonds. The van der Waals surface area contributed by atoms with Gasteiger partial charge in [0.25, 0.3) is 0 Å². The maximum Gasteiger partial charge on any atom is 2.00 e.